The smallest absolute Gasteiger partial charge is 0.0541 e. The molecule has 1 aromatic heterocycles. The zero-order chi connectivity index (χ0) is 13.1. The minimum absolute atomic E-state index is 0.614. The van der Waals surface area contributed by atoms with Gasteiger partial charge in [0.1, 0.15) is 0 Å². The number of rotatable bonds is 4. The lowest BCUT2D eigenvalue weighted by atomic mass is 9.76. The van der Waals surface area contributed by atoms with Crippen molar-refractivity contribution in [1.29, 1.82) is 0 Å². The molecule has 3 heteroatoms. The van der Waals surface area contributed by atoms with Gasteiger partial charge in [-0.25, -0.2) is 0 Å². The molecule has 1 aromatic carbocycles. The SMILES string of the molecule is Clc1ccc(C2CC(NCc3ccccn3)C2)cc1. The molecule has 0 aliphatic heterocycles. The predicted molar refractivity (Wildman–Crippen MR) is 78.3 cm³/mol. The molecule has 2 nitrogen and oxygen atoms in total. The van der Waals surface area contributed by atoms with Crippen LogP contribution in [0.5, 0.6) is 0 Å². The maximum Gasteiger partial charge on any atom is 0.0541 e. The van der Waals surface area contributed by atoms with Gasteiger partial charge in [-0.2, -0.15) is 0 Å². The average molecular weight is 273 g/mol. The van der Waals surface area contributed by atoms with Crippen LogP contribution < -0.4 is 5.32 Å². The first-order valence-electron chi connectivity index (χ1n) is 6.70. The molecule has 0 spiro atoms. The quantitative estimate of drug-likeness (QED) is 0.916. The molecule has 1 fully saturated rings. The molecule has 0 unspecified atom stereocenters. The van der Waals surface area contributed by atoms with E-state index in [4.69, 9.17) is 11.6 Å². The van der Waals surface area contributed by atoms with Gasteiger partial charge >= 0.3 is 0 Å². The fourth-order valence-corrected chi connectivity index (χ4v) is 2.67. The summed E-state index contributed by atoms with van der Waals surface area (Å²) < 4.78 is 0. The Morgan fingerprint density at radius 3 is 2.58 bits per heavy atom. The molecule has 3 rings (SSSR count). The van der Waals surface area contributed by atoms with E-state index in [1.165, 1.54) is 18.4 Å². The first-order valence-corrected chi connectivity index (χ1v) is 7.08. The van der Waals surface area contributed by atoms with Crippen molar-refractivity contribution >= 4 is 11.6 Å². The molecule has 1 aliphatic carbocycles. The molecule has 0 bridgehead atoms. The van der Waals surface area contributed by atoms with Gasteiger partial charge in [0.2, 0.25) is 0 Å². The second-order valence-corrected chi connectivity index (χ2v) is 5.56. The highest BCUT2D eigenvalue weighted by molar-refractivity contribution is 6.30. The molecule has 1 heterocycles. The van der Waals surface area contributed by atoms with Crippen LogP contribution in [0.25, 0.3) is 0 Å². The summed E-state index contributed by atoms with van der Waals surface area (Å²) in [6.45, 7) is 0.860. The Balaban J connectivity index is 1.47. The fraction of sp³-hybridized carbons (Fsp3) is 0.312. The molecule has 0 saturated heterocycles. The summed E-state index contributed by atoms with van der Waals surface area (Å²) in [7, 11) is 0. The highest BCUT2D eigenvalue weighted by Crippen LogP contribution is 2.37. The number of halogens is 1. The Labute approximate surface area is 118 Å². The maximum absolute atomic E-state index is 5.90. The lowest BCUT2D eigenvalue weighted by Crippen LogP contribution is -2.39. The highest BCUT2D eigenvalue weighted by atomic mass is 35.5. The average Bonchev–Trinajstić information content (AvgIpc) is 2.40. The summed E-state index contributed by atoms with van der Waals surface area (Å²) in [5, 5.41) is 4.37. The van der Waals surface area contributed by atoms with Crippen LogP contribution in [0.2, 0.25) is 5.02 Å². The van der Waals surface area contributed by atoms with E-state index >= 15 is 0 Å². The van der Waals surface area contributed by atoms with Gasteiger partial charge in [0.25, 0.3) is 0 Å². The van der Waals surface area contributed by atoms with E-state index in [0.29, 0.717) is 12.0 Å². The Kier molecular flexibility index (Phi) is 3.81. The van der Waals surface area contributed by atoms with Crippen molar-refractivity contribution in [2.45, 2.75) is 31.3 Å². The van der Waals surface area contributed by atoms with Crippen LogP contribution >= 0.6 is 11.6 Å². The zero-order valence-electron chi connectivity index (χ0n) is 10.7. The minimum Gasteiger partial charge on any atom is -0.308 e. The summed E-state index contributed by atoms with van der Waals surface area (Å²) in [6.07, 6.45) is 4.25. The number of pyridine rings is 1. The summed E-state index contributed by atoms with van der Waals surface area (Å²) in [6, 6.07) is 14.9. The van der Waals surface area contributed by atoms with Gasteiger partial charge < -0.3 is 5.32 Å². The minimum atomic E-state index is 0.614. The highest BCUT2D eigenvalue weighted by Gasteiger charge is 2.29. The van der Waals surface area contributed by atoms with Crippen molar-refractivity contribution in [3.8, 4) is 0 Å². The van der Waals surface area contributed by atoms with Crippen LogP contribution in [-0.2, 0) is 6.54 Å². The van der Waals surface area contributed by atoms with Gasteiger partial charge in [0, 0.05) is 23.8 Å². The van der Waals surface area contributed by atoms with E-state index in [0.717, 1.165) is 17.3 Å². The second kappa shape index (κ2) is 5.72. The van der Waals surface area contributed by atoms with Crippen LogP contribution in [0.4, 0.5) is 0 Å². The molecule has 98 valence electrons. The number of benzene rings is 1. The summed E-state index contributed by atoms with van der Waals surface area (Å²) >= 11 is 5.90. The number of nitrogens with zero attached hydrogens (tertiary/aromatic N) is 1. The Hall–Kier alpha value is -1.38. The third-order valence-electron chi connectivity index (χ3n) is 3.78. The molecule has 0 atom stereocenters. The van der Waals surface area contributed by atoms with Crippen LogP contribution in [0.15, 0.2) is 48.7 Å². The zero-order valence-corrected chi connectivity index (χ0v) is 11.5. The van der Waals surface area contributed by atoms with Gasteiger partial charge in [0.15, 0.2) is 0 Å². The second-order valence-electron chi connectivity index (χ2n) is 5.12. The molecular weight excluding hydrogens is 256 g/mol. The predicted octanol–water partition coefficient (Wildman–Crippen LogP) is 3.77. The monoisotopic (exact) mass is 272 g/mol. The van der Waals surface area contributed by atoms with E-state index in [-0.39, 0.29) is 0 Å². The van der Waals surface area contributed by atoms with Crippen LogP contribution in [0, 0.1) is 0 Å². The Morgan fingerprint density at radius 1 is 1.11 bits per heavy atom. The van der Waals surface area contributed by atoms with Gasteiger partial charge in [-0.1, -0.05) is 29.8 Å². The largest absolute Gasteiger partial charge is 0.308 e. The van der Waals surface area contributed by atoms with E-state index in [1.807, 2.05) is 30.5 Å². The van der Waals surface area contributed by atoms with Crippen LogP contribution in [0.3, 0.4) is 0 Å². The molecule has 19 heavy (non-hydrogen) atoms. The summed E-state index contributed by atoms with van der Waals surface area (Å²) in [5.41, 5.74) is 2.51. The molecule has 0 radical (unpaired) electrons. The van der Waals surface area contributed by atoms with Crippen molar-refractivity contribution in [3.63, 3.8) is 0 Å². The van der Waals surface area contributed by atoms with Gasteiger partial charge in [-0.15, -0.1) is 0 Å². The third-order valence-corrected chi connectivity index (χ3v) is 4.03. The van der Waals surface area contributed by atoms with Crippen molar-refractivity contribution in [2.24, 2.45) is 0 Å². The Morgan fingerprint density at radius 2 is 1.89 bits per heavy atom. The normalized spacial score (nSPS) is 21.9. The molecule has 1 N–H and O–H groups in total. The van der Waals surface area contributed by atoms with E-state index in [9.17, 15) is 0 Å². The first kappa shape index (κ1) is 12.6. The molecule has 2 aromatic rings. The van der Waals surface area contributed by atoms with Crippen molar-refractivity contribution in [1.82, 2.24) is 10.3 Å². The lowest BCUT2D eigenvalue weighted by Gasteiger charge is -2.36. The molecular formula is C16H17ClN2. The Bertz CT molecular complexity index is 518. The van der Waals surface area contributed by atoms with Gasteiger partial charge in [-0.3, -0.25) is 4.98 Å². The third kappa shape index (κ3) is 3.14. The number of aromatic nitrogens is 1. The van der Waals surface area contributed by atoms with E-state index < -0.39 is 0 Å². The van der Waals surface area contributed by atoms with Crippen molar-refractivity contribution < 1.29 is 0 Å². The maximum atomic E-state index is 5.90. The summed E-state index contributed by atoms with van der Waals surface area (Å²) in [4.78, 5) is 4.32. The molecule has 0 amide bonds. The lowest BCUT2D eigenvalue weighted by molar-refractivity contribution is 0.288. The summed E-state index contributed by atoms with van der Waals surface area (Å²) in [5.74, 6) is 0.679. The topological polar surface area (TPSA) is 24.9 Å². The van der Waals surface area contributed by atoms with E-state index in [2.05, 4.69) is 28.5 Å². The molecule has 1 saturated carbocycles. The van der Waals surface area contributed by atoms with Gasteiger partial charge in [0.05, 0.1) is 5.69 Å². The van der Waals surface area contributed by atoms with Crippen LogP contribution in [0.1, 0.15) is 30.0 Å². The number of hydrogen-bond acceptors (Lipinski definition) is 2. The number of hydrogen-bond donors (Lipinski definition) is 1. The molecule has 1 aliphatic rings. The van der Waals surface area contributed by atoms with Gasteiger partial charge in [-0.05, 0) is 48.6 Å². The van der Waals surface area contributed by atoms with Crippen LogP contribution in [-0.4, -0.2) is 11.0 Å². The van der Waals surface area contributed by atoms with Crippen molar-refractivity contribution in [2.75, 3.05) is 0 Å². The van der Waals surface area contributed by atoms with E-state index in [1.54, 1.807) is 0 Å². The first-order chi connectivity index (χ1) is 9.31. The fourth-order valence-electron chi connectivity index (χ4n) is 2.54. The standard InChI is InChI=1S/C16H17ClN2/c17-14-6-4-12(5-7-14)13-9-16(10-13)19-11-15-3-1-2-8-18-15/h1-8,13,16,19H,9-11H2. The van der Waals surface area contributed by atoms with Crippen molar-refractivity contribution in [3.05, 3.63) is 64.9 Å². The number of nitrogens with one attached hydrogen (secondary N) is 1.